The van der Waals surface area contributed by atoms with Gasteiger partial charge in [-0.2, -0.15) is 0 Å². The number of rotatable bonds is 5. The van der Waals surface area contributed by atoms with E-state index >= 15 is 0 Å². The molecule has 2 aromatic heterocycles. The van der Waals surface area contributed by atoms with Crippen LogP contribution in [-0.2, 0) is 0 Å². The monoisotopic (exact) mass is 417 g/mol. The predicted octanol–water partition coefficient (Wildman–Crippen LogP) is 5.09. The number of benzene rings is 1. The number of ether oxygens (including phenoxy) is 1. The van der Waals surface area contributed by atoms with Gasteiger partial charge in [-0.15, -0.1) is 0 Å². The largest absolute Gasteiger partial charge is 0.478 e. The molecule has 0 spiro atoms. The predicted molar refractivity (Wildman–Crippen MR) is 97.3 cm³/mol. The van der Waals surface area contributed by atoms with Crippen LogP contribution >= 0.6 is 15.9 Å². The number of aromatic nitrogens is 2. The van der Waals surface area contributed by atoms with Crippen molar-refractivity contribution in [3.05, 3.63) is 80.8 Å². The first-order valence-corrected chi connectivity index (χ1v) is 8.42. The van der Waals surface area contributed by atoms with E-state index in [9.17, 15) is 14.5 Å². The van der Waals surface area contributed by atoms with Crippen LogP contribution in [0.4, 0.5) is 10.2 Å². The van der Waals surface area contributed by atoms with Gasteiger partial charge in [0.1, 0.15) is 11.9 Å². The average molecular weight is 418 g/mol. The van der Waals surface area contributed by atoms with Crippen molar-refractivity contribution in [2.75, 3.05) is 0 Å². The zero-order chi connectivity index (χ0) is 18.7. The highest BCUT2D eigenvalue weighted by Crippen LogP contribution is 2.34. The van der Waals surface area contributed by atoms with Crippen molar-refractivity contribution in [1.29, 1.82) is 0 Å². The summed E-state index contributed by atoms with van der Waals surface area (Å²) in [6, 6.07) is 11.1. The Kier molecular flexibility index (Phi) is 5.22. The minimum atomic E-state index is -0.669. The minimum absolute atomic E-state index is 0.00638. The maximum atomic E-state index is 13.8. The number of halogens is 2. The van der Waals surface area contributed by atoms with Crippen LogP contribution < -0.4 is 4.74 Å². The fourth-order valence-electron chi connectivity index (χ4n) is 2.52. The summed E-state index contributed by atoms with van der Waals surface area (Å²) in [5, 5.41) is 11.2. The number of pyridine rings is 2. The number of nitrogens with zero attached hydrogens (tertiary/aromatic N) is 3. The van der Waals surface area contributed by atoms with Gasteiger partial charge < -0.3 is 14.9 Å². The molecule has 0 radical (unpaired) electrons. The lowest BCUT2D eigenvalue weighted by atomic mass is 10.00. The minimum Gasteiger partial charge on any atom is -0.478 e. The van der Waals surface area contributed by atoms with Crippen LogP contribution in [-0.4, -0.2) is 14.9 Å². The molecule has 0 fully saturated rings. The fraction of sp³-hybridized carbons (Fsp3) is 0.111. The van der Waals surface area contributed by atoms with Crippen molar-refractivity contribution in [1.82, 2.24) is 9.97 Å². The summed E-state index contributed by atoms with van der Waals surface area (Å²) in [4.78, 5) is 18.6. The van der Waals surface area contributed by atoms with E-state index in [-0.39, 0.29) is 5.75 Å². The maximum absolute atomic E-state index is 13.8. The average Bonchev–Trinajstić information content (AvgIpc) is 2.62. The Morgan fingerprint density at radius 2 is 2.04 bits per heavy atom. The summed E-state index contributed by atoms with van der Waals surface area (Å²) in [6.45, 7) is 1.69. The molecular weight excluding hydrogens is 405 g/mol. The molecule has 2 heterocycles. The molecule has 0 aliphatic heterocycles. The maximum Gasteiger partial charge on any atom is 0.406 e. The summed E-state index contributed by atoms with van der Waals surface area (Å²) in [7, 11) is 0. The van der Waals surface area contributed by atoms with E-state index in [0.29, 0.717) is 21.3 Å². The van der Waals surface area contributed by atoms with Crippen LogP contribution in [0.1, 0.15) is 18.6 Å². The third-order valence-corrected chi connectivity index (χ3v) is 4.10. The molecule has 0 amide bonds. The Morgan fingerprint density at radius 3 is 2.73 bits per heavy atom. The van der Waals surface area contributed by atoms with Crippen LogP contribution in [0.5, 0.6) is 5.75 Å². The molecule has 0 N–H and O–H groups in total. The van der Waals surface area contributed by atoms with Crippen LogP contribution in [0.15, 0.2) is 59.3 Å². The normalized spacial score (nSPS) is 11.8. The molecule has 0 saturated carbocycles. The Bertz CT molecular complexity index is 954. The summed E-state index contributed by atoms with van der Waals surface area (Å²) >= 11 is 3.22. The molecule has 6 nitrogen and oxygen atoms in total. The summed E-state index contributed by atoms with van der Waals surface area (Å²) in [5.74, 6) is -0.846. The quantitative estimate of drug-likeness (QED) is 0.426. The zero-order valence-electron chi connectivity index (χ0n) is 13.6. The van der Waals surface area contributed by atoms with Crippen molar-refractivity contribution >= 4 is 21.7 Å². The molecular formula is C18H13BrFN3O3. The molecule has 0 aliphatic rings. The fourth-order valence-corrected chi connectivity index (χ4v) is 2.83. The second-order valence-corrected chi connectivity index (χ2v) is 6.35. The van der Waals surface area contributed by atoms with E-state index in [0.717, 1.165) is 0 Å². The van der Waals surface area contributed by atoms with Gasteiger partial charge in [-0.25, -0.2) is 4.39 Å². The van der Waals surface area contributed by atoms with Crippen LogP contribution in [0.2, 0.25) is 0 Å². The van der Waals surface area contributed by atoms with E-state index in [4.69, 9.17) is 4.74 Å². The summed E-state index contributed by atoms with van der Waals surface area (Å²) in [5.41, 5.74) is 1.86. The standard InChI is InChI=1S/C18H13BrFN3O3/c1-11(26-17-8-12(19)10-22-18(17)23(24)25)15-9-13(20)5-6-14(15)16-4-2-3-7-21-16/h2-11H,1H3. The SMILES string of the molecule is CC(Oc1cc(Br)cnc1[N+](=O)[O-])c1cc(F)ccc1-c1ccccn1. The van der Waals surface area contributed by atoms with Gasteiger partial charge in [0.2, 0.25) is 5.75 Å². The van der Waals surface area contributed by atoms with Crippen molar-refractivity contribution in [3.8, 4) is 17.0 Å². The number of hydrogen-bond donors (Lipinski definition) is 0. The van der Waals surface area contributed by atoms with Crippen LogP contribution in [0.3, 0.4) is 0 Å². The second-order valence-electron chi connectivity index (χ2n) is 5.44. The van der Waals surface area contributed by atoms with Gasteiger partial charge in [-0.05, 0) is 63.1 Å². The van der Waals surface area contributed by atoms with Crippen LogP contribution in [0.25, 0.3) is 11.3 Å². The Balaban J connectivity index is 2.01. The molecule has 1 atom stereocenters. The molecule has 26 heavy (non-hydrogen) atoms. The molecule has 0 bridgehead atoms. The molecule has 1 aromatic carbocycles. The van der Waals surface area contributed by atoms with Crippen LogP contribution in [0, 0.1) is 15.9 Å². The number of nitro groups is 1. The van der Waals surface area contributed by atoms with E-state index < -0.39 is 22.7 Å². The first-order chi connectivity index (χ1) is 12.5. The Labute approximate surface area is 157 Å². The van der Waals surface area contributed by atoms with Gasteiger partial charge in [0, 0.05) is 23.4 Å². The summed E-state index contributed by atoms with van der Waals surface area (Å²) in [6.07, 6.45) is 2.28. The van der Waals surface area contributed by atoms with Crippen molar-refractivity contribution in [2.24, 2.45) is 0 Å². The molecule has 132 valence electrons. The third-order valence-electron chi connectivity index (χ3n) is 3.67. The Hall–Kier alpha value is -2.87. The molecule has 3 aromatic rings. The Morgan fingerprint density at radius 1 is 1.23 bits per heavy atom. The highest BCUT2D eigenvalue weighted by molar-refractivity contribution is 9.10. The molecule has 3 rings (SSSR count). The van der Waals surface area contributed by atoms with Crippen molar-refractivity contribution < 1.29 is 14.1 Å². The third kappa shape index (κ3) is 3.85. The lowest BCUT2D eigenvalue weighted by molar-refractivity contribution is -0.390. The van der Waals surface area contributed by atoms with Crippen molar-refractivity contribution in [3.63, 3.8) is 0 Å². The van der Waals surface area contributed by atoms with Crippen molar-refractivity contribution in [2.45, 2.75) is 13.0 Å². The van der Waals surface area contributed by atoms with Gasteiger partial charge in [0.15, 0.2) is 6.20 Å². The molecule has 0 saturated heterocycles. The van der Waals surface area contributed by atoms with E-state index in [1.54, 1.807) is 31.3 Å². The van der Waals surface area contributed by atoms with E-state index in [1.807, 2.05) is 6.07 Å². The van der Waals surface area contributed by atoms with E-state index in [1.165, 1.54) is 24.4 Å². The van der Waals surface area contributed by atoms with E-state index in [2.05, 4.69) is 25.9 Å². The highest BCUT2D eigenvalue weighted by atomic mass is 79.9. The first-order valence-electron chi connectivity index (χ1n) is 7.63. The summed E-state index contributed by atoms with van der Waals surface area (Å²) < 4.78 is 20.1. The zero-order valence-corrected chi connectivity index (χ0v) is 15.2. The molecule has 8 heteroatoms. The van der Waals surface area contributed by atoms with Gasteiger partial charge >= 0.3 is 5.82 Å². The second kappa shape index (κ2) is 7.57. The topological polar surface area (TPSA) is 78.2 Å². The van der Waals surface area contributed by atoms with Gasteiger partial charge in [0.05, 0.1) is 10.2 Å². The molecule has 0 aliphatic carbocycles. The lowest BCUT2D eigenvalue weighted by Gasteiger charge is -2.18. The van der Waals surface area contributed by atoms with Gasteiger partial charge in [0.25, 0.3) is 0 Å². The smallest absolute Gasteiger partial charge is 0.406 e. The van der Waals surface area contributed by atoms with Gasteiger partial charge in [-0.3, -0.25) is 4.98 Å². The first kappa shape index (κ1) is 17.9. The lowest BCUT2D eigenvalue weighted by Crippen LogP contribution is -2.08. The van der Waals surface area contributed by atoms with Gasteiger partial charge in [-0.1, -0.05) is 6.07 Å². The molecule has 1 unspecified atom stereocenters. The number of hydrogen-bond acceptors (Lipinski definition) is 5. The highest BCUT2D eigenvalue weighted by Gasteiger charge is 2.22.